The van der Waals surface area contributed by atoms with Gasteiger partial charge in [-0.1, -0.05) is 0 Å². The average Bonchev–Trinajstić information content (AvgIpc) is 2.19. The molecule has 0 amide bonds. The molecule has 1 aromatic rings. The van der Waals surface area contributed by atoms with Crippen molar-refractivity contribution in [2.75, 3.05) is 4.72 Å². The van der Waals surface area contributed by atoms with Crippen LogP contribution in [-0.2, 0) is 10.2 Å². The van der Waals surface area contributed by atoms with Crippen molar-refractivity contribution in [3.63, 3.8) is 0 Å². The number of nitrogens with one attached hydrogen (secondary N) is 2. The number of carbonyl (C=O) groups is 1. The maximum Gasteiger partial charge on any atom is 0.337 e. The SMILES string of the molecule is CC(C)NS(=O)(=O)Nc1cc(F)c(F)cc1C(=O)O. The first-order valence-electron chi connectivity index (χ1n) is 5.15. The van der Waals surface area contributed by atoms with Crippen molar-refractivity contribution in [3.05, 3.63) is 29.3 Å². The van der Waals surface area contributed by atoms with Crippen LogP contribution >= 0.6 is 0 Å². The van der Waals surface area contributed by atoms with Gasteiger partial charge < -0.3 is 5.11 Å². The summed E-state index contributed by atoms with van der Waals surface area (Å²) in [6.07, 6.45) is 0. The lowest BCUT2D eigenvalue weighted by Crippen LogP contribution is -2.35. The van der Waals surface area contributed by atoms with Crippen molar-refractivity contribution in [1.82, 2.24) is 4.72 Å². The number of benzene rings is 1. The smallest absolute Gasteiger partial charge is 0.337 e. The molecule has 0 heterocycles. The number of aromatic carboxylic acids is 1. The number of hydrogen-bond donors (Lipinski definition) is 3. The zero-order valence-electron chi connectivity index (χ0n) is 10.1. The molecule has 0 spiro atoms. The highest BCUT2D eigenvalue weighted by molar-refractivity contribution is 7.90. The number of hydrogen-bond acceptors (Lipinski definition) is 3. The maximum atomic E-state index is 13.0. The van der Waals surface area contributed by atoms with Crippen LogP contribution in [0.25, 0.3) is 0 Å². The Labute approximate surface area is 108 Å². The highest BCUT2D eigenvalue weighted by atomic mass is 32.2. The first-order chi connectivity index (χ1) is 8.62. The van der Waals surface area contributed by atoms with Crippen LogP contribution in [0.5, 0.6) is 0 Å². The molecule has 0 bridgehead atoms. The Kier molecular flexibility index (Phi) is 4.43. The molecule has 1 rings (SSSR count). The van der Waals surface area contributed by atoms with E-state index in [-0.39, 0.29) is 0 Å². The molecule has 0 aliphatic carbocycles. The molecule has 106 valence electrons. The first kappa shape index (κ1) is 15.3. The van der Waals surface area contributed by atoms with Crippen LogP contribution in [0.2, 0.25) is 0 Å². The predicted molar refractivity (Wildman–Crippen MR) is 64.1 cm³/mol. The van der Waals surface area contributed by atoms with Crippen molar-refractivity contribution in [2.24, 2.45) is 0 Å². The van der Waals surface area contributed by atoms with Gasteiger partial charge in [0, 0.05) is 12.1 Å². The second-order valence-electron chi connectivity index (χ2n) is 4.00. The monoisotopic (exact) mass is 294 g/mol. The summed E-state index contributed by atoms with van der Waals surface area (Å²) < 4.78 is 53.0. The summed E-state index contributed by atoms with van der Waals surface area (Å²) in [4.78, 5) is 10.8. The summed E-state index contributed by atoms with van der Waals surface area (Å²) in [5.74, 6) is -4.31. The van der Waals surface area contributed by atoms with Crippen LogP contribution in [0, 0.1) is 11.6 Å². The minimum absolute atomic E-state index is 0.408. The van der Waals surface area contributed by atoms with E-state index in [0.717, 1.165) is 0 Å². The third-order valence-corrected chi connectivity index (χ3v) is 3.20. The highest BCUT2D eigenvalue weighted by Crippen LogP contribution is 2.21. The van der Waals surface area contributed by atoms with Gasteiger partial charge in [0.15, 0.2) is 11.6 Å². The van der Waals surface area contributed by atoms with Gasteiger partial charge in [0.2, 0.25) is 0 Å². The van der Waals surface area contributed by atoms with Gasteiger partial charge in [-0.2, -0.15) is 13.1 Å². The van der Waals surface area contributed by atoms with E-state index in [1.54, 1.807) is 13.8 Å². The molecule has 0 atom stereocenters. The Morgan fingerprint density at radius 3 is 2.26 bits per heavy atom. The summed E-state index contributed by atoms with van der Waals surface area (Å²) >= 11 is 0. The lowest BCUT2D eigenvalue weighted by Gasteiger charge is -2.13. The van der Waals surface area contributed by atoms with Gasteiger partial charge in [0.05, 0.1) is 11.3 Å². The van der Waals surface area contributed by atoms with E-state index >= 15 is 0 Å². The molecule has 0 radical (unpaired) electrons. The Morgan fingerprint density at radius 1 is 1.26 bits per heavy atom. The van der Waals surface area contributed by atoms with E-state index in [0.29, 0.717) is 12.1 Å². The molecule has 0 unspecified atom stereocenters. The van der Waals surface area contributed by atoms with Gasteiger partial charge in [-0.25, -0.2) is 13.6 Å². The maximum absolute atomic E-state index is 13.0. The van der Waals surface area contributed by atoms with E-state index in [1.165, 1.54) is 0 Å². The third kappa shape index (κ3) is 4.14. The number of carboxylic acids is 1. The molecule has 3 N–H and O–H groups in total. The molecule has 6 nitrogen and oxygen atoms in total. The molecular weight excluding hydrogens is 282 g/mol. The van der Waals surface area contributed by atoms with Crippen LogP contribution in [0.1, 0.15) is 24.2 Å². The Morgan fingerprint density at radius 2 is 1.79 bits per heavy atom. The zero-order valence-corrected chi connectivity index (χ0v) is 10.9. The molecule has 9 heteroatoms. The minimum Gasteiger partial charge on any atom is -0.478 e. The quantitative estimate of drug-likeness (QED) is 0.763. The zero-order chi connectivity index (χ0) is 14.8. The first-order valence-corrected chi connectivity index (χ1v) is 6.63. The Bertz CT molecular complexity index is 602. The third-order valence-electron chi connectivity index (χ3n) is 1.93. The van der Waals surface area contributed by atoms with Gasteiger partial charge in [-0.3, -0.25) is 4.72 Å². The predicted octanol–water partition coefficient (Wildman–Crippen LogP) is 1.32. The molecule has 0 aromatic heterocycles. The lowest BCUT2D eigenvalue weighted by molar-refractivity contribution is 0.0697. The van der Waals surface area contributed by atoms with Crippen molar-refractivity contribution in [1.29, 1.82) is 0 Å². The molecule has 0 saturated carbocycles. The Balaban J connectivity index is 3.20. The van der Waals surface area contributed by atoms with Crippen molar-refractivity contribution in [2.45, 2.75) is 19.9 Å². The number of halogens is 2. The largest absolute Gasteiger partial charge is 0.478 e. The summed E-state index contributed by atoms with van der Waals surface area (Å²) in [5, 5.41) is 8.82. The lowest BCUT2D eigenvalue weighted by atomic mass is 10.2. The second kappa shape index (κ2) is 5.49. The summed E-state index contributed by atoms with van der Waals surface area (Å²) in [5.41, 5.74) is -1.24. The number of rotatable bonds is 5. The van der Waals surface area contributed by atoms with Gasteiger partial charge in [-0.05, 0) is 19.9 Å². The molecule has 1 aromatic carbocycles. The normalized spacial score (nSPS) is 11.6. The van der Waals surface area contributed by atoms with Crippen LogP contribution < -0.4 is 9.44 Å². The minimum atomic E-state index is -4.07. The highest BCUT2D eigenvalue weighted by Gasteiger charge is 2.20. The van der Waals surface area contributed by atoms with E-state index in [1.807, 2.05) is 4.72 Å². The van der Waals surface area contributed by atoms with Gasteiger partial charge in [0.25, 0.3) is 10.2 Å². The average molecular weight is 294 g/mol. The van der Waals surface area contributed by atoms with Crippen molar-refractivity contribution in [3.8, 4) is 0 Å². The molecule has 0 saturated heterocycles. The van der Waals surface area contributed by atoms with E-state index in [2.05, 4.69) is 4.72 Å². The van der Waals surface area contributed by atoms with Gasteiger partial charge >= 0.3 is 5.97 Å². The summed E-state index contributed by atoms with van der Waals surface area (Å²) in [6.45, 7) is 3.09. The molecular formula is C10H12F2N2O4S. The van der Waals surface area contributed by atoms with Crippen LogP contribution in [0.15, 0.2) is 12.1 Å². The standard InChI is InChI=1S/C10H12F2N2O4S/c1-5(2)13-19(17,18)14-9-4-8(12)7(11)3-6(9)10(15)16/h3-5,13-14H,1-2H3,(H,15,16). The van der Waals surface area contributed by atoms with Gasteiger partial charge in [-0.15, -0.1) is 0 Å². The number of anilines is 1. The van der Waals surface area contributed by atoms with Crippen LogP contribution in [0.4, 0.5) is 14.5 Å². The molecule has 0 aliphatic heterocycles. The molecule has 19 heavy (non-hydrogen) atoms. The van der Waals surface area contributed by atoms with E-state index < -0.39 is 45.1 Å². The van der Waals surface area contributed by atoms with E-state index in [9.17, 15) is 22.0 Å². The van der Waals surface area contributed by atoms with E-state index in [4.69, 9.17) is 5.11 Å². The fraction of sp³-hybridized carbons (Fsp3) is 0.300. The van der Waals surface area contributed by atoms with Crippen LogP contribution in [-0.4, -0.2) is 25.5 Å². The fourth-order valence-electron chi connectivity index (χ4n) is 1.29. The molecule has 0 fully saturated rings. The van der Waals surface area contributed by atoms with Crippen molar-refractivity contribution >= 4 is 21.9 Å². The Hall–Kier alpha value is -1.74. The second-order valence-corrected chi connectivity index (χ2v) is 5.44. The molecule has 0 aliphatic rings. The fourth-order valence-corrected chi connectivity index (χ4v) is 2.43. The summed E-state index contributed by atoms with van der Waals surface area (Å²) in [6, 6.07) is 0.430. The topological polar surface area (TPSA) is 95.5 Å². The van der Waals surface area contributed by atoms with Crippen LogP contribution in [0.3, 0.4) is 0 Å². The number of carboxylic acid groups (broad SMARTS) is 1. The van der Waals surface area contributed by atoms with Gasteiger partial charge in [0.1, 0.15) is 0 Å². The van der Waals surface area contributed by atoms with Crippen molar-refractivity contribution < 1.29 is 27.1 Å². The summed E-state index contributed by atoms with van der Waals surface area (Å²) in [7, 11) is -4.07.